The van der Waals surface area contributed by atoms with Gasteiger partial charge in [-0.25, -0.2) is 4.79 Å². The topological polar surface area (TPSA) is 73.1 Å². The summed E-state index contributed by atoms with van der Waals surface area (Å²) >= 11 is 3.33. The van der Waals surface area contributed by atoms with Gasteiger partial charge in [0.1, 0.15) is 11.6 Å². The Morgan fingerprint density at radius 1 is 1.30 bits per heavy atom. The second-order valence-corrected chi connectivity index (χ2v) is 6.09. The second-order valence-electron chi connectivity index (χ2n) is 5.23. The van der Waals surface area contributed by atoms with Gasteiger partial charge in [-0.2, -0.15) is 5.26 Å². The molecular formula is C15H17BrN2O2. The minimum absolute atomic E-state index is 0.542. The zero-order valence-electron chi connectivity index (χ0n) is 11.2. The van der Waals surface area contributed by atoms with Gasteiger partial charge in [-0.3, -0.25) is 0 Å². The Morgan fingerprint density at radius 3 is 2.45 bits per heavy atom. The van der Waals surface area contributed by atoms with Crippen molar-refractivity contribution in [3.8, 4) is 6.07 Å². The lowest BCUT2D eigenvalue weighted by atomic mass is 9.90. The highest BCUT2D eigenvalue weighted by molar-refractivity contribution is 9.10. The summed E-state index contributed by atoms with van der Waals surface area (Å²) in [5.41, 5.74) is 0.394. The summed E-state index contributed by atoms with van der Waals surface area (Å²) in [6, 6.07) is 7.31. The monoisotopic (exact) mass is 336 g/mol. The summed E-state index contributed by atoms with van der Waals surface area (Å²) in [5, 5.41) is 21.7. The van der Waals surface area contributed by atoms with E-state index in [1.165, 1.54) is 0 Å². The van der Waals surface area contributed by atoms with Gasteiger partial charge in [-0.1, -0.05) is 25.7 Å². The molecule has 0 spiro atoms. The number of carboxylic acids is 1. The molecule has 1 fully saturated rings. The van der Waals surface area contributed by atoms with E-state index < -0.39 is 11.5 Å². The lowest BCUT2D eigenvalue weighted by molar-refractivity contribution is -0.142. The summed E-state index contributed by atoms with van der Waals surface area (Å²) in [7, 11) is 0. The third-order valence-electron chi connectivity index (χ3n) is 3.84. The van der Waals surface area contributed by atoms with Gasteiger partial charge < -0.3 is 10.4 Å². The minimum Gasteiger partial charge on any atom is -0.480 e. The number of carboxylic acid groups (broad SMARTS) is 1. The quantitative estimate of drug-likeness (QED) is 0.820. The number of aliphatic carboxylic acids is 1. The Balaban J connectivity index is 2.26. The Labute approximate surface area is 126 Å². The van der Waals surface area contributed by atoms with Crippen molar-refractivity contribution in [1.29, 1.82) is 5.26 Å². The lowest BCUT2D eigenvalue weighted by Crippen LogP contribution is -2.46. The summed E-state index contributed by atoms with van der Waals surface area (Å²) in [6.45, 7) is 0. The van der Waals surface area contributed by atoms with E-state index in [0.29, 0.717) is 22.9 Å². The van der Waals surface area contributed by atoms with Crippen molar-refractivity contribution in [3.05, 3.63) is 28.2 Å². The van der Waals surface area contributed by atoms with Crippen LogP contribution in [0.3, 0.4) is 0 Å². The van der Waals surface area contributed by atoms with Gasteiger partial charge in [-0.15, -0.1) is 0 Å². The van der Waals surface area contributed by atoms with Crippen molar-refractivity contribution >= 4 is 27.6 Å². The smallest absolute Gasteiger partial charge is 0.329 e. The van der Waals surface area contributed by atoms with E-state index in [-0.39, 0.29) is 0 Å². The first-order valence-electron chi connectivity index (χ1n) is 6.79. The van der Waals surface area contributed by atoms with Crippen molar-refractivity contribution in [3.63, 3.8) is 0 Å². The molecule has 0 aliphatic heterocycles. The summed E-state index contributed by atoms with van der Waals surface area (Å²) < 4.78 is 0.680. The molecule has 0 radical (unpaired) electrons. The molecule has 106 valence electrons. The standard InChI is InChI=1S/C15H17BrN2O2/c16-13-9-12(6-5-11(13)10-17)18-15(14(19)20)7-3-1-2-4-8-15/h5-6,9,18H,1-4,7-8H2,(H,19,20). The average Bonchev–Trinajstić information content (AvgIpc) is 2.65. The molecule has 20 heavy (non-hydrogen) atoms. The predicted octanol–water partition coefficient (Wildman–Crippen LogP) is 3.91. The van der Waals surface area contributed by atoms with Gasteiger partial charge in [0.25, 0.3) is 0 Å². The average molecular weight is 337 g/mol. The number of hydrogen-bond donors (Lipinski definition) is 2. The number of anilines is 1. The van der Waals surface area contributed by atoms with Crippen LogP contribution in [0.25, 0.3) is 0 Å². The molecule has 0 amide bonds. The first-order valence-corrected chi connectivity index (χ1v) is 7.58. The molecule has 1 aliphatic rings. The SMILES string of the molecule is N#Cc1ccc(NC2(C(=O)O)CCCCCC2)cc1Br. The maximum absolute atomic E-state index is 11.7. The van der Waals surface area contributed by atoms with Crippen LogP contribution in [0.15, 0.2) is 22.7 Å². The van der Waals surface area contributed by atoms with Gasteiger partial charge in [0.05, 0.1) is 5.56 Å². The molecule has 0 bridgehead atoms. The minimum atomic E-state index is -0.885. The maximum atomic E-state index is 11.7. The summed E-state index contributed by atoms with van der Waals surface area (Å²) in [6.07, 6.45) is 5.31. The predicted molar refractivity (Wildman–Crippen MR) is 80.5 cm³/mol. The van der Waals surface area contributed by atoms with E-state index >= 15 is 0 Å². The van der Waals surface area contributed by atoms with E-state index in [0.717, 1.165) is 31.4 Å². The number of benzene rings is 1. The van der Waals surface area contributed by atoms with Crippen LogP contribution in [0.1, 0.15) is 44.1 Å². The number of carbonyl (C=O) groups is 1. The molecule has 5 heteroatoms. The Kier molecular flexibility index (Phi) is 4.66. The van der Waals surface area contributed by atoms with Crippen molar-refractivity contribution in [2.24, 2.45) is 0 Å². The van der Waals surface area contributed by atoms with Gasteiger partial charge in [0.15, 0.2) is 0 Å². The van der Waals surface area contributed by atoms with Gasteiger partial charge in [0.2, 0.25) is 0 Å². The maximum Gasteiger partial charge on any atom is 0.329 e. The van der Waals surface area contributed by atoms with Crippen LogP contribution in [0.4, 0.5) is 5.69 Å². The number of nitriles is 1. The fourth-order valence-corrected chi connectivity index (χ4v) is 3.15. The van der Waals surface area contributed by atoms with Crippen LogP contribution in [0, 0.1) is 11.3 Å². The third kappa shape index (κ3) is 3.13. The summed E-state index contributed by atoms with van der Waals surface area (Å²) in [5.74, 6) is -0.792. The van der Waals surface area contributed by atoms with Gasteiger partial charge in [-0.05, 0) is 47.0 Å². The Morgan fingerprint density at radius 2 is 1.95 bits per heavy atom. The molecule has 1 aromatic carbocycles. The molecule has 2 N–H and O–H groups in total. The largest absolute Gasteiger partial charge is 0.480 e. The van der Waals surface area contributed by atoms with E-state index in [1.807, 2.05) is 0 Å². The third-order valence-corrected chi connectivity index (χ3v) is 4.50. The van der Waals surface area contributed by atoms with Crippen LogP contribution >= 0.6 is 15.9 Å². The Bertz CT molecular complexity index is 543. The van der Waals surface area contributed by atoms with Gasteiger partial charge >= 0.3 is 5.97 Å². The van der Waals surface area contributed by atoms with Crippen LogP contribution in [0.2, 0.25) is 0 Å². The number of hydrogen-bond acceptors (Lipinski definition) is 3. The zero-order chi connectivity index (χ0) is 14.6. The highest BCUT2D eigenvalue weighted by Crippen LogP contribution is 2.32. The molecule has 0 aromatic heterocycles. The highest BCUT2D eigenvalue weighted by Gasteiger charge is 2.38. The first kappa shape index (κ1) is 14.9. The first-order chi connectivity index (χ1) is 9.57. The molecule has 2 rings (SSSR count). The molecule has 0 atom stereocenters. The Hall–Kier alpha value is -1.54. The van der Waals surface area contributed by atoms with E-state index in [9.17, 15) is 9.90 Å². The normalized spacial score (nSPS) is 17.8. The molecule has 1 aromatic rings. The molecule has 0 saturated heterocycles. The number of nitrogens with zero attached hydrogens (tertiary/aromatic N) is 1. The fraction of sp³-hybridized carbons (Fsp3) is 0.467. The molecular weight excluding hydrogens is 320 g/mol. The number of halogens is 1. The van der Waals surface area contributed by atoms with Crippen LogP contribution in [-0.4, -0.2) is 16.6 Å². The highest BCUT2D eigenvalue weighted by atomic mass is 79.9. The van der Waals surface area contributed by atoms with E-state index in [4.69, 9.17) is 5.26 Å². The molecule has 4 nitrogen and oxygen atoms in total. The number of rotatable bonds is 3. The zero-order valence-corrected chi connectivity index (χ0v) is 12.7. The molecule has 1 saturated carbocycles. The van der Waals surface area contributed by atoms with Crippen LogP contribution < -0.4 is 5.32 Å². The van der Waals surface area contributed by atoms with Crippen LogP contribution in [0.5, 0.6) is 0 Å². The van der Waals surface area contributed by atoms with E-state index in [1.54, 1.807) is 18.2 Å². The van der Waals surface area contributed by atoms with Crippen molar-refractivity contribution < 1.29 is 9.90 Å². The van der Waals surface area contributed by atoms with Crippen LogP contribution in [-0.2, 0) is 4.79 Å². The van der Waals surface area contributed by atoms with Gasteiger partial charge in [0, 0.05) is 10.2 Å². The second kappa shape index (κ2) is 6.27. The number of nitrogens with one attached hydrogen (secondary N) is 1. The van der Waals surface area contributed by atoms with Crippen molar-refractivity contribution in [1.82, 2.24) is 0 Å². The van der Waals surface area contributed by atoms with Crippen molar-refractivity contribution in [2.45, 2.75) is 44.1 Å². The fourth-order valence-electron chi connectivity index (χ4n) is 2.68. The lowest BCUT2D eigenvalue weighted by Gasteiger charge is -2.30. The van der Waals surface area contributed by atoms with Crippen molar-refractivity contribution in [2.75, 3.05) is 5.32 Å². The summed E-state index contributed by atoms with van der Waals surface area (Å²) in [4.78, 5) is 11.7. The molecule has 1 aliphatic carbocycles. The van der Waals surface area contributed by atoms with E-state index in [2.05, 4.69) is 27.3 Å². The molecule has 0 heterocycles. The molecule has 0 unspecified atom stereocenters.